The third-order valence-electron chi connectivity index (χ3n) is 1.32. The van der Waals surface area contributed by atoms with Crippen LogP contribution in [0.1, 0.15) is 27.7 Å². The number of nitrogens with zero attached hydrogens (tertiary/aromatic N) is 1. The van der Waals surface area contributed by atoms with Crippen LogP contribution in [-0.2, 0) is 0 Å². The van der Waals surface area contributed by atoms with Crippen molar-refractivity contribution in [2.24, 2.45) is 0 Å². The molecular formula is C7H14NSe2. The van der Waals surface area contributed by atoms with E-state index in [0.717, 1.165) is 3.44 Å². The molecule has 0 aliphatic rings. The summed E-state index contributed by atoms with van der Waals surface area (Å²) in [7, 11) is 0. The Morgan fingerprint density at radius 3 is 1.40 bits per heavy atom. The fraction of sp³-hybridized carbons (Fsp3) is 0.857. The molecule has 0 aliphatic carbocycles. The standard InChI is InChI=1S/C7H14NSe2/c1-5(2)8(6(3)4)7(9)10/h5-6H,1-4H3. The molecule has 0 aliphatic heterocycles. The molecule has 0 aromatic rings. The van der Waals surface area contributed by atoms with Gasteiger partial charge >= 0.3 is 79.7 Å². The first kappa shape index (κ1) is 10.7. The van der Waals surface area contributed by atoms with Gasteiger partial charge in [0.25, 0.3) is 0 Å². The van der Waals surface area contributed by atoms with Gasteiger partial charge in [-0.15, -0.1) is 0 Å². The molecule has 0 N–H and O–H groups in total. The molecule has 0 amide bonds. The Hall–Kier alpha value is 0.709. The van der Waals surface area contributed by atoms with Crippen LogP contribution in [0.5, 0.6) is 0 Å². The molecule has 0 aromatic carbocycles. The summed E-state index contributed by atoms with van der Waals surface area (Å²) in [6.07, 6.45) is 0. The maximum atomic E-state index is 2.99. The summed E-state index contributed by atoms with van der Waals surface area (Å²) in [5, 5.41) is 0. The van der Waals surface area contributed by atoms with Crippen LogP contribution in [0.15, 0.2) is 0 Å². The van der Waals surface area contributed by atoms with Gasteiger partial charge in [-0.25, -0.2) is 0 Å². The summed E-state index contributed by atoms with van der Waals surface area (Å²) in [5.41, 5.74) is 0. The monoisotopic (exact) mass is 272 g/mol. The summed E-state index contributed by atoms with van der Waals surface area (Å²) in [5.74, 6) is 0. The zero-order chi connectivity index (χ0) is 8.31. The molecule has 0 bridgehead atoms. The van der Waals surface area contributed by atoms with Crippen LogP contribution >= 0.6 is 0 Å². The van der Waals surface area contributed by atoms with Gasteiger partial charge in [-0.2, -0.15) is 0 Å². The Bertz CT molecular complexity index is 113. The van der Waals surface area contributed by atoms with Crippen LogP contribution in [0.4, 0.5) is 0 Å². The van der Waals surface area contributed by atoms with E-state index in [1.54, 1.807) is 0 Å². The summed E-state index contributed by atoms with van der Waals surface area (Å²) in [4.78, 5) is 2.31. The molecule has 3 heteroatoms. The minimum atomic E-state index is 0.567. The van der Waals surface area contributed by atoms with Crippen molar-refractivity contribution in [1.82, 2.24) is 4.90 Å². The minimum absolute atomic E-state index is 0.567. The van der Waals surface area contributed by atoms with Gasteiger partial charge in [0, 0.05) is 0 Å². The van der Waals surface area contributed by atoms with Gasteiger partial charge in [-0.3, -0.25) is 0 Å². The van der Waals surface area contributed by atoms with Crippen molar-refractivity contribution >= 4 is 35.0 Å². The molecule has 0 heterocycles. The maximum absolute atomic E-state index is 2.99. The van der Waals surface area contributed by atoms with E-state index >= 15 is 0 Å². The third kappa shape index (κ3) is 3.20. The first-order valence-electron chi connectivity index (χ1n) is 3.46. The van der Waals surface area contributed by atoms with Gasteiger partial charge in [0.2, 0.25) is 0 Å². The van der Waals surface area contributed by atoms with Gasteiger partial charge < -0.3 is 0 Å². The van der Waals surface area contributed by atoms with E-state index in [-0.39, 0.29) is 0 Å². The van der Waals surface area contributed by atoms with Crippen LogP contribution in [0, 0.1) is 0 Å². The molecule has 1 radical (unpaired) electrons. The molecule has 0 rings (SSSR count). The van der Waals surface area contributed by atoms with Gasteiger partial charge in [0.1, 0.15) is 0 Å². The second kappa shape index (κ2) is 4.56. The molecule has 0 saturated carbocycles. The molecule has 59 valence electrons. The fourth-order valence-corrected chi connectivity index (χ4v) is 2.79. The van der Waals surface area contributed by atoms with Gasteiger partial charge in [0.15, 0.2) is 0 Å². The predicted molar refractivity (Wildman–Crippen MR) is 48.6 cm³/mol. The topological polar surface area (TPSA) is 3.24 Å². The Morgan fingerprint density at radius 1 is 1.10 bits per heavy atom. The summed E-state index contributed by atoms with van der Waals surface area (Å²) in [6, 6.07) is 1.13. The number of hydrogen-bond donors (Lipinski definition) is 0. The SMILES string of the molecule is CC(C)N(C([Se])=[Se])C(C)C. The van der Waals surface area contributed by atoms with E-state index in [2.05, 4.69) is 64.2 Å². The van der Waals surface area contributed by atoms with Crippen LogP contribution in [0.2, 0.25) is 0 Å². The van der Waals surface area contributed by atoms with Crippen molar-refractivity contribution in [2.45, 2.75) is 39.8 Å². The van der Waals surface area contributed by atoms with E-state index in [4.69, 9.17) is 0 Å². The van der Waals surface area contributed by atoms with Crippen molar-refractivity contribution < 1.29 is 0 Å². The Morgan fingerprint density at radius 2 is 1.40 bits per heavy atom. The van der Waals surface area contributed by atoms with Crippen molar-refractivity contribution in [3.63, 3.8) is 0 Å². The van der Waals surface area contributed by atoms with Crippen molar-refractivity contribution in [2.75, 3.05) is 0 Å². The van der Waals surface area contributed by atoms with Crippen LogP contribution in [-0.4, -0.2) is 52.0 Å². The van der Waals surface area contributed by atoms with E-state index in [1.165, 1.54) is 0 Å². The number of hydrogen-bond acceptors (Lipinski definition) is 1. The zero-order valence-corrected chi connectivity index (χ0v) is 10.3. The quantitative estimate of drug-likeness (QED) is 0.676. The van der Waals surface area contributed by atoms with E-state index in [9.17, 15) is 0 Å². The van der Waals surface area contributed by atoms with Gasteiger partial charge in [0.05, 0.1) is 0 Å². The van der Waals surface area contributed by atoms with Gasteiger partial charge in [-0.05, 0) is 0 Å². The first-order valence-corrected chi connectivity index (χ1v) is 5.17. The molecule has 10 heavy (non-hydrogen) atoms. The fourth-order valence-electron chi connectivity index (χ4n) is 1.02. The third-order valence-corrected chi connectivity index (χ3v) is 2.21. The average molecular weight is 270 g/mol. The zero-order valence-electron chi connectivity index (χ0n) is 6.92. The normalized spacial score (nSPS) is 10.6. The summed E-state index contributed by atoms with van der Waals surface area (Å²) >= 11 is 5.98. The second-order valence-corrected chi connectivity index (χ2v) is 5.79. The molecule has 0 spiro atoms. The summed E-state index contributed by atoms with van der Waals surface area (Å²) < 4.78 is 1.16. The second-order valence-electron chi connectivity index (χ2n) is 2.86. The van der Waals surface area contributed by atoms with Crippen molar-refractivity contribution in [1.29, 1.82) is 0 Å². The summed E-state index contributed by atoms with van der Waals surface area (Å²) in [6.45, 7) is 8.76. The molecular weight excluding hydrogens is 256 g/mol. The van der Waals surface area contributed by atoms with Gasteiger partial charge in [-0.1, -0.05) is 0 Å². The Kier molecular flexibility index (Phi) is 4.88. The van der Waals surface area contributed by atoms with Crippen molar-refractivity contribution in [3.05, 3.63) is 0 Å². The molecule has 0 atom stereocenters. The van der Waals surface area contributed by atoms with E-state index < -0.39 is 0 Å². The molecule has 0 fully saturated rings. The van der Waals surface area contributed by atoms with Crippen molar-refractivity contribution in [3.8, 4) is 0 Å². The predicted octanol–water partition coefficient (Wildman–Crippen LogP) is 0.530. The van der Waals surface area contributed by atoms with Crippen LogP contribution < -0.4 is 0 Å². The average Bonchev–Trinajstić information content (AvgIpc) is 1.59. The Balaban J connectivity index is 4.12. The van der Waals surface area contributed by atoms with Crippen LogP contribution in [0.25, 0.3) is 0 Å². The number of rotatable bonds is 3. The van der Waals surface area contributed by atoms with E-state index in [0.29, 0.717) is 12.1 Å². The molecule has 0 unspecified atom stereocenters. The molecule has 0 saturated heterocycles. The first-order chi connectivity index (χ1) is 4.46. The molecule has 1 nitrogen and oxygen atoms in total. The van der Waals surface area contributed by atoms with E-state index in [1.807, 2.05) is 0 Å². The Labute approximate surface area is 79.7 Å². The molecule has 0 aromatic heterocycles. The van der Waals surface area contributed by atoms with Crippen LogP contribution in [0.3, 0.4) is 0 Å².